The normalized spacial score (nSPS) is 13.0. The number of unbranched alkanes of at least 4 members (excludes halogenated alkanes) is 27. The minimum absolute atomic E-state index is 0.0104. The predicted molar refractivity (Wildman–Crippen MR) is 263 cm³/mol. The van der Waals surface area contributed by atoms with E-state index in [1.54, 1.807) is 0 Å². The molecule has 0 aromatic heterocycles. The van der Waals surface area contributed by atoms with Crippen molar-refractivity contribution in [3.05, 3.63) is 0 Å². The molecule has 9 N–H and O–H groups in total. The quantitative estimate of drug-likeness (QED) is 0.0223. The second-order valence-corrected chi connectivity index (χ2v) is 18.4. The maximum Gasteiger partial charge on any atom is 0.328 e. The van der Waals surface area contributed by atoms with Gasteiger partial charge in [0.1, 0.15) is 12.1 Å². The number of aliphatic carboxylic acids is 2. The second kappa shape index (κ2) is 44.7. The molecule has 0 spiro atoms. The number of hydrogen-bond acceptors (Lipinski definition) is 11. The number of amides is 3. The minimum Gasteiger partial charge on any atom is -0.481 e. The molecule has 4 unspecified atom stereocenters. The Bertz CT molecular complexity index is 1320. The van der Waals surface area contributed by atoms with Crippen molar-refractivity contribution in [2.75, 3.05) is 19.8 Å². The number of hydrogen-bond donors (Lipinski definition) is 7. The van der Waals surface area contributed by atoms with E-state index >= 15 is 0 Å². The number of carbonyl (C=O) groups is 7. The third-order valence-electron chi connectivity index (χ3n) is 12.1. The van der Waals surface area contributed by atoms with Gasteiger partial charge in [0, 0.05) is 13.0 Å². The first-order valence-electron chi connectivity index (χ1n) is 26.5. The van der Waals surface area contributed by atoms with E-state index in [2.05, 4.69) is 29.8 Å². The van der Waals surface area contributed by atoms with Crippen molar-refractivity contribution in [3.8, 4) is 0 Å². The van der Waals surface area contributed by atoms with Crippen LogP contribution in [0.4, 0.5) is 0 Å². The molecular weight excluding hydrogens is 859 g/mol. The standard InChI is InChI=1S/C51H95N5O11/c1-3-5-7-9-11-13-15-17-19-21-23-25-27-31-37-66-47(61)35-34-44(51(65)67-38-32-28-26-24-22-20-18-16-14-12-10-8-6-4-2)56-50(64)43(55-49(63)42(53)40-46(59)60)33-29-30-36-54-48(62)41(52)39-45(57)58/h41-44H,3-40,52-53H2,1-2H3,(H,54,62)(H,55,63)(H,56,64)(H,57,58)(H,59,60). The molecule has 16 heteroatoms. The number of ether oxygens (including phenoxy) is 2. The third-order valence-corrected chi connectivity index (χ3v) is 12.1. The SMILES string of the molecule is CCCCCCCCCCCCCCCCOC(=O)CCC(NC(=O)C(CCCCNC(=O)C(N)CC(=O)O)NC(=O)C(N)CC(=O)O)C(=O)OCCCCCCCCCCCCCCCC. The molecule has 0 heterocycles. The zero-order chi connectivity index (χ0) is 49.8. The molecule has 390 valence electrons. The molecule has 0 aromatic rings. The first-order valence-corrected chi connectivity index (χ1v) is 26.5. The Hall–Kier alpha value is -3.79. The highest BCUT2D eigenvalue weighted by Crippen LogP contribution is 2.15. The molecule has 0 aliphatic rings. The average molecular weight is 954 g/mol. The highest BCUT2D eigenvalue weighted by Gasteiger charge is 2.30. The van der Waals surface area contributed by atoms with Crippen LogP contribution in [0.3, 0.4) is 0 Å². The zero-order valence-electron chi connectivity index (χ0n) is 41.9. The maximum absolute atomic E-state index is 13.7. The van der Waals surface area contributed by atoms with Crippen LogP contribution in [-0.4, -0.2) is 95.7 Å². The molecule has 67 heavy (non-hydrogen) atoms. The molecule has 0 aromatic carbocycles. The van der Waals surface area contributed by atoms with Crippen molar-refractivity contribution in [1.82, 2.24) is 16.0 Å². The van der Waals surface area contributed by atoms with Crippen LogP contribution >= 0.6 is 0 Å². The van der Waals surface area contributed by atoms with E-state index < -0.39 is 78.6 Å². The molecule has 16 nitrogen and oxygen atoms in total. The summed E-state index contributed by atoms with van der Waals surface area (Å²) < 4.78 is 11.1. The molecule has 0 fully saturated rings. The van der Waals surface area contributed by atoms with Crippen molar-refractivity contribution in [1.29, 1.82) is 0 Å². The summed E-state index contributed by atoms with van der Waals surface area (Å²) in [5, 5.41) is 25.7. The monoisotopic (exact) mass is 954 g/mol. The molecular formula is C51H95N5O11. The lowest BCUT2D eigenvalue weighted by molar-refractivity contribution is -0.150. The molecule has 0 radical (unpaired) electrons. The minimum atomic E-state index is -1.46. The summed E-state index contributed by atoms with van der Waals surface area (Å²) in [7, 11) is 0. The van der Waals surface area contributed by atoms with E-state index in [0.717, 1.165) is 44.9 Å². The van der Waals surface area contributed by atoms with Gasteiger partial charge in [-0.1, -0.05) is 181 Å². The Kier molecular flexibility index (Phi) is 42.2. The molecule has 3 amide bonds. The van der Waals surface area contributed by atoms with Gasteiger partial charge in [0.2, 0.25) is 17.7 Å². The first kappa shape index (κ1) is 63.2. The highest BCUT2D eigenvalue weighted by atomic mass is 16.5. The number of carboxylic acid groups (broad SMARTS) is 2. The van der Waals surface area contributed by atoms with Gasteiger partial charge in [-0.3, -0.25) is 28.8 Å². The van der Waals surface area contributed by atoms with Crippen molar-refractivity contribution >= 4 is 41.6 Å². The van der Waals surface area contributed by atoms with Gasteiger partial charge in [0.15, 0.2) is 0 Å². The van der Waals surface area contributed by atoms with Crippen molar-refractivity contribution in [3.63, 3.8) is 0 Å². The summed E-state index contributed by atoms with van der Waals surface area (Å²) in [4.78, 5) is 87.1. The molecule has 0 bridgehead atoms. The van der Waals surface area contributed by atoms with E-state index in [-0.39, 0.29) is 45.4 Å². The largest absolute Gasteiger partial charge is 0.481 e. The van der Waals surface area contributed by atoms with Gasteiger partial charge in [-0.15, -0.1) is 0 Å². The Morgan fingerprint density at radius 3 is 1.22 bits per heavy atom. The number of esters is 2. The molecule has 0 aliphatic heterocycles. The zero-order valence-corrected chi connectivity index (χ0v) is 41.9. The van der Waals surface area contributed by atoms with Crippen LogP contribution < -0.4 is 27.4 Å². The van der Waals surface area contributed by atoms with Crippen LogP contribution in [0.2, 0.25) is 0 Å². The lowest BCUT2D eigenvalue weighted by atomic mass is 10.0. The van der Waals surface area contributed by atoms with E-state index in [1.807, 2.05) is 0 Å². The molecule has 0 rings (SSSR count). The number of carboxylic acids is 2. The Balaban J connectivity index is 5.22. The van der Waals surface area contributed by atoms with Crippen molar-refractivity contribution in [2.24, 2.45) is 11.5 Å². The van der Waals surface area contributed by atoms with E-state index in [0.29, 0.717) is 12.8 Å². The van der Waals surface area contributed by atoms with Crippen molar-refractivity contribution in [2.45, 2.75) is 263 Å². The van der Waals surface area contributed by atoms with Gasteiger partial charge in [-0.25, -0.2) is 4.79 Å². The van der Waals surface area contributed by atoms with E-state index in [4.69, 9.17) is 31.2 Å². The van der Waals surface area contributed by atoms with E-state index in [1.165, 1.54) is 128 Å². The van der Waals surface area contributed by atoms with E-state index in [9.17, 15) is 33.6 Å². The van der Waals surface area contributed by atoms with Gasteiger partial charge >= 0.3 is 23.9 Å². The first-order chi connectivity index (χ1) is 32.3. The third kappa shape index (κ3) is 39.9. The van der Waals surface area contributed by atoms with Crippen LogP contribution in [0.25, 0.3) is 0 Å². The summed E-state index contributed by atoms with van der Waals surface area (Å²) in [6, 6.07) is -5.19. The predicted octanol–water partition coefficient (Wildman–Crippen LogP) is 8.68. The van der Waals surface area contributed by atoms with Gasteiger partial charge in [-0.2, -0.15) is 0 Å². The topological polar surface area (TPSA) is 267 Å². The fourth-order valence-electron chi connectivity index (χ4n) is 7.83. The number of carbonyl (C=O) groups excluding carboxylic acids is 5. The van der Waals surface area contributed by atoms with Crippen molar-refractivity contribution < 1.29 is 53.2 Å². The average Bonchev–Trinajstić information content (AvgIpc) is 3.28. The van der Waals surface area contributed by atoms with Crippen LogP contribution in [0.1, 0.15) is 239 Å². The summed E-state index contributed by atoms with van der Waals surface area (Å²) in [6.07, 6.45) is 32.5. The van der Waals surface area contributed by atoms with Crippen LogP contribution in [0.5, 0.6) is 0 Å². The number of rotatable bonds is 48. The second-order valence-electron chi connectivity index (χ2n) is 18.4. The Morgan fingerprint density at radius 1 is 0.433 bits per heavy atom. The summed E-state index contributed by atoms with van der Waals surface area (Å²) in [6.45, 7) is 4.97. The van der Waals surface area contributed by atoms with Crippen LogP contribution in [0.15, 0.2) is 0 Å². The van der Waals surface area contributed by atoms with Gasteiger partial charge < -0.3 is 47.1 Å². The number of nitrogens with one attached hydrogen (secondary N) is 3. The summed E-state index contributed by atoms with van der Waals surface area (Å²) in [5.74, 6) is -6.07. The lowest BCUT2D eigenvalue weighted by Gasteiger charge is -2.24. The summed E-state index contributed by atoms with van der Waals surface area (Å²) >= 11 is 0. The molecule has 0 saturated heterocycles. The van der Waals surface area contributed by atoms with Gasteiger partial charge in [-0.05, 0) is 38.5 Å². The highest BCUT2D eigenvalue weighted by molar-refractivity contribution is 5.93. The van der Waals surface area contributed by atoms with Gasteiger partial charge in [0.25, 0.3) is 0 Å². The fourth-order valence-corrected chi connectivity index (χ4v) is 7.83. The Morgan fingerprint density at radius 2 is 0.806 bits per heavy atom. The van der Waals surface area contributed by atoms with Crippen LogP contribution in [-0.2, 0) is 43.0 Å². The number of nitrogens with two attached hydrogens (primary N) is 2. The molecule has 4 atom stereocenters. The summed E-state index contributed by atoms with van der Waals surface area (Å²) in [5.41, 5.74) is 11.4. The smallest absolute Gasteiger partial charge is 0.328 e. The van der Waals surface area contributed by atoms with Gasteiger partial charge in [0.05, 0.1) is 38.1 Å². The molecule has 0 saturated carbocycles. The Labute approximate surface area is 403 Å². The van der Waals surface area contributed by atoms with Crippen LogP contribution in [0, 0.1) is 0 Å². The fraction of sp³-hybridized carbons (Fsp3) is 0.863. The molecule has 0 aliphatic carbocycles. The lowest BCUT2D eigenvalue weighted by Crippen LogP contribution is -2.55. The maximum atomic E-state index is 13.7.